The zero-order valence-electron chi connectivity index (χ0n) is 13.2. The van der Waals surface area contributed by atoms with Crippen LogP contribution in [0.4, 0.5) is 4.79 Å². The molecule has 1 unspecified atom stereocenters. The Balaban J connectivity index is 1.75. The van der Waals surface area contributed by atoms with Gasteiger partial charge in [0.1, 0.15) is 6.54 Å². The Hall–Kier alpha value is -2.37. The molecule has 6 heteroatoms. The number of likely N-dealkylation sites (tertiary alicyclic amines) is 1. The second kappa shape index (κ2) is 6.40. The molecular weight excluding hydrogens is 294 g/mol. The van der Waals surface area contributed by atoms with Crippen molar-refractivity contribution in [2.24, 2.45) is 0 Å². The monoisotopic (exact) mass is 315 g/mol. The molecule has 2 aliphatic heterocycles. The lowest BCUT2D eigenvalue weighted by molar-refractivity contribution is -0.139. The average molecular weight is 315 g/mol. The van der Waals surface area contributed by atoms with Crippen LogP contribution in [0.5, 0.6) is 0 Å². The van der Waals surface area contributed by atoms with Gasteiger partial charge in [0.25, 0.3) is 0 Å². The molecule has 0 radical (unpaired) electrons. The van der Waals surface area contributed by atoms with Crippen molar-refractivity contribution >= 4 is 17.8 Å². The lowest BCUT2D eigenvalue weighted by Gasteiger charge is -2.30. The van der Waals surface area contributed by atoms with Gasteiger partial charge in [-0.2, -0.15) is 0 Å². The second-order valence-corrected chi connectivity index (χ2v) is 6.06. The van der Waals surface area contributed by atoms with Crippen LogP contribution in [0.2, 0.25) is 0 Å². The highest BCUT2D eigenvalue weighted by Crippen LogP contribution is 2.33. The highest BCUT2D eigenvalue weighted by atomic mass is 16.2. The largest absolute Gasteiger partial charge is 0.337 e. The van der Waals surface area contributed by atoms with E-state index in [9.17, 15) is 14.4 Å². The predicted molar refractivity (Wildman–Crippen MR) is 84.6 cm³/mol. The maximum absolute atomic E-state index is 12.7. The summed E-state index contributed by atoms with van der Waals surface area (Å²) in [6, 6.07) is 7.61. The van der Waals surface area contributed by atoms with Crippen molar-refractivity contribution < 1.29 is 14.4 Å². The molecule has 1 N–H and O–H groups in total. The zero-order valence-corrected chi connectivity index (χ0v) is 13.2. The molecule has 1 aromatic carbocycles. The van der Waals surface area contributed by atoms with Crippen molar-refractivity contribution in [2.45, 2.75) is 32.2 Å². The topological polar surface area (TPSA) is 69.7 Å². The Kier molecular flexibility index (Phi) is 4.32. The third-order valence-electron chi connectivity index (χ3n) is 4.58. The van der Waals surface area contributed by atoms with Gasteiger partial charge in [-0.15, -0.1) is 0 Å². The first-order valence-electron chi connectivity index (χ1n) is 8.01. The fraction of sp³-hybridized carbons (Fsp3) is 0.471. The molecule has 0 spiro atoms. The lowest BCUT2D eigenvalue weighted by Crippen LogP contribution is -2.53. The summed E-state index contributed by atoms with van der Waals surface area (Å²) in [6.07, 6.45) is 2.10. The van der Waals surface area contributed by atoms with Crippen molar-refractivity contribution in [3.63, 3.8) is 0 Å². The van der Waals surface area contributed by atoms with E-state index < -0.39 is 6.03 Å². The van der Waals surface area contributed by atoms with E-state index in [2.05, 4.69) is 5.32 Å². The highest BCUT2D eigenvalue weighted by molar-refractivity contribution is 6.00. The molecule has 0 bridgehead atoms. The normalized spacial score (nSPS) is 21.5. The van der Waals surface area contributed by atoms with Crippen molar-refractivity contribution in [3.8, 4) is 0 Å². The predicted octanol–water partition coefficient (Wildman–Crippen LogP) is 1.60. The molecule has 1 atom stereocenters. The summed E-state index contributed by atoms with van der Waals surface area (Å²) in [4.78, 5) is 39.1. The number of aryl methyl sites for hydroxylation is 1. The van der Waals surface area contributed by atoms with E-state index in [-0.39, 0.29) is 30.8 Å². The van der Waals surface area contributed by atoms with Crippen LogP contribution in [0, 0.1) is 6.92 Å². The maximum atomic E-state index is 12.7. The van der Waals surface area contributed by atoms with Gasteiger partial charge in [-0.3, -0.25) is 14.5 Å². The molecule has 2 fully saturated rings. The first-order chi connectivity index (χ1) is 11.1. The third kappa shape index (κ3) is 3.06. The smallest absolute Gasteiger partial charge is 0.324 e. The molecule has 1 aromatic rings. The minimum absolute atomic E-state index is 0.0339. The minimum atomic E-state index is -0.471. The Labute approximate surface area is 135 Å². The van der Waals surface area contributed by atoms with Crippen LogP contribution >= 0.6 is 0 Å². The van der Waals surface area contributed by atoms with Gasteiger partial charge < -0.3 is 10.2 Å². The summed E-state index contributed by atoms with van der Waals surface area (Å²) in [5.41, 5.74) is 2.30. The van der Waals surface area contributed by atoms with Gasteiger partial charge in [0.05, 0.1) is 6.04 Å². The number of carbonyl (C=O) groups excluding carboxylic acids is 3. The first kappa shape index (κ1) is 15.5. The summed E-state index contributed by atoms with van der Waals surface area (Å²) in [5, 5.41) is 2.61. The Morgan fingerprint density at radius 1 is 1.30 bits per heavy atom. The van der Waals surface area contributed by atoms with E-state index in [1.807, 2.05) is 31.2 Å². The number of benzene rings is 1. The van der Waals surface area contributed by atoms with E-state index in [1.165, 1.54) is 0 Å². The van der Waals surface area contributed by atoms with E-state index in [4.69, 9.17) is 0 Å². The number of nitrogens with one attached hydrogen (secondary N) is 1. The number of rotatable bonds is 3. The van der Waals surface area contributed by atoms with E-state index >= 15 is 0 Å². The van der Waals surface area contributed by atoms with Crippen molar-refractivity contribution in [1.29, 1.82) is 0 Å². The van der Waals surface area contributed by atoms with E-state index in [1.54, 1.807) is 4.90 Å². The van der Waals surface area contributed by atoms with Crippen LogP contribution in [0.3, 0.4) is 0 Å². The maximum Gasteiger partial charge on any atom is 0.324 e. The van der Waals surface area contributed by atoms with E-state index in [0.717, 1.165) is 28.9 Å². The number of hydrogen-bond acceptors (Lipinski definition) is 3. The van der Waals surface area contributed by atoms with Gasteiger partial charge in [0.2, 0.25) is 11.8 Å². The van der Waals surface area contributed by atoms with Gasteiger partial charge in [0, 0.05) is 19.5 Å². The molecule has 0 aliphatic carbocycles. The van der Waals surface area contributed by atoms with Crippen LogP contribution in [-0.4, -0.2) is 47.3 Å². The van der Waals surface area contributed by atoms with E-state index in [0.29, 0.717) is 13.1 Å². The molecule has 2 saturated heterocycles. The summed E-state index contributed by atoms with van der Waals surface area (Å²) in [5.74, 6) is -0.449. The number of nitrogens with zero attached hydrogens (tertiary/aromatic N) is 2. The van der Waals surface area contributed by atoms with Gasteiger partial charge in [-0.1, -0.05) is 24.3 Å². The molecule has 122 valence electrons. The molecular formula is C17H21N3O3. The fourth-order valence-electron chi connectivity index (χ4n) is 3.36. The molecule has 2 aliphatic rings. The van der Waals surface area contributed by atoms with Gasteiger partial charge >= 0.3 is 6.03 Å². The Bertz CT molecular complexity index is 628. The first-order valence-corrected chi connectivity index (χ1v) is 8.01. The third-order valence-corrected chi connectivity index (χ3v) is 4.58. The summed E-state index contributed by atoms with van der Waals surface area (Å²) >= 11 is 0. The number of carbonyl (C=O) groups is 3. The minimum Gasteiger partial charge on any atom is -0.337 e. The number of urea groups is 1. The van der Waals surface area contributed by atoms with Crippen molar-refractivity contribution in [1.82, 2.24) is 15.1 Å². The Morgan fingerprint density at radius 2 is 2.09 bits per heavy atom. The summed E-state index contributed by atoms with van der Waals surface area (Å²) in [7, 11) is 0. The molecule has 0 aromatic heterocycles. The molecule has 0 saturated carbocycles. The number of imide groups is 1. The standard InChI is InChI=1S/C17H21N3O3/c1-12-5-2-3-6-13(12)14-7-4-10-19(14)16(22)11-20-15(21)8-9-18-17(20)23/h2-3,5-6,14H,4,7-11H2,1H3,(H,18,23). The second-order valence-electron chi connectivity index (χ2n) is 6.06. The zero-order chi connectivity index (χ0) is 16.4. The molecule has 2 heterocycles. The van der Waals surface area contributed by atoms with Gasteiger partial charge in [-0.05, 0) is 30.9 Å². The van der Waals surface area contributed by atoms with Crippen LogP contribution in [0.15, 0.2) is 24.3 Å². The van der Waals surface area contributed by atoms with Crippen molar-refractivity contribution in [2.75, 3.05) is 19.6 Å². The molecule has 23 heavy (non-hydrogen) atoms. The number of hydrogen-bond donors (Lipinski definition) is 1. The Morgan fingerprint density at radius 3 is 2.83 bits per heavy atom. The van der Waals surface area contributed by atoms with Crippen LogP contribution in [0.25, 0.3) is 0 Å². The number of amides is 4. The molecule has 3 rings (SSSR count). The average Bonchev–Trinajstić information content (AvgIpc) is 3.01. The van der Waals surface area contributed by atoms with Gasteiger partial charge in [-0.25, -0.2) is 4.79 Å². The van der Waals surface area contributed by atoms with Crippen LogP contribution in [0.1, 0.15) is 36.4 Å². The SMILES string of the molecule is Cc1ccccc1C1CCCN1C(=O)CN1C(=O)CCNC1=O. The van der Waals surface area contributed by atoms with Gasteiger partial charge in [0.15, 0.2) is 0 Å². The lowest BCUT2D eigenvalue weighted by atomic mass is 9.99. The summed E-state index contributed by atoms with van der Waals surface area (Å²) < 4.78 is 0. The quantitative estimate of drug-likeness (QED) is 0.921. The van der Waals surface area contributed by atoms with Crippen LogP contribution in [-0.2, 0) is 9.59 Å². The summed E-state index contributed by atoms with van der Waals surface area (Å²) in [6.45, 7) is 2.88. The molecule has 6 nitrogen and oxygen atoms in total. The van der Waals surface area contributed by atoms with Crippen LogP contribution < -0.4 is 5.32 Å². The molecule has 4 amide bonds. The van der Waals surface area contributed by atoms with Crippen molar-refractivity contribution in [3.05, 3.63) is 35.4 Å². The highest BCUT2D eigenvalue weighted by Gasteiger charge is 2.34. The fourth-order valence-corrected chi connectivity index (χ4v) is 3.36.